The van der Waals surface area contributed by atoms with Crippen molar-refractivity contribution in [2.75, 3.05) is 26.2 Å². The Morgan fingerprint density at radius 3 is 1.96 bits per heavy atom. The molecule has 23 heavy (non-hydrogen) atoms. The first-order chi connectivity index (χ1) is 11.2. The maximum absolute atomic E-state index is 14.4. The highest BCUT2D eigenvalue weighted by atomic mass is 19.1. The van der Waals surface area contributed by atoms with Crippen LogP contribution in [0.25, 0.3) is 0 Å². The fourth-order valence-corrected chi connectivity index (χ4v) is 3.47. The van der Waals surface area contributed by atoms with Crippen molar-refractivity contribution in [2.45, 2.75) is 18.9 Å². The summed E-state index contributed by atoms with van der Waals surface area (Å²) in [6.45, 7) is 5.39. The van der Waals surface area contributed by atoms with E-state index >= 15 is 0 Å². The van der Waals surface area contributed by atoms with Gasteiger partial charge < -0.3 is 5.32 Å². The van der Waals surface area contributed by atoms with Crippen LogP contribution in [0, 0.1) is 11.6 Å². The molecule has 1 N–H and O–H groups in total. The van der Waals surface area contributed by atoms with Crippen molar-refractivity contribution < 1.29 is 8.78 Å². The molecule has 122 valence electrons. The van der Waals surface area contributed by atoms with Crippen LogP contribution in [0.5, 0.6) is 0 Å². The average molecular weight is 316 g/mol. The van der Waals surface area contributed by atoms with Crippen LogP contribution in [-0.4, -0.2) is 31.1 Å². The zero-order valence-electron chi connectivity index (χ0n) is 13.3. The number of nitrogens with one attached hydrogen (secondary N) is 1. The highest BCUT2D eigenvalue weighted by molar-refractivity contribution is 5.29. The van der Waals surface area contributed by atoms with Crippen LogP contribution in [0.1, 0.15) is 30.0 Å². The zero-order valence-corrected chi connectivity index (χ0v) is 13.3. The lowest BCUT2D eigenvalue weighted by molar-refractivity contribution is 0.150. The third-order valence-electron chi connectivity index (χ3n) is 4.64. The quantitative estimate of drug-likeness (QED) is 0.925. The smallest absolute Gasteiger partial charge is 0.128 e. The Morgan fingerprint density at radius 2 is 1.39 bits per heavy atom. The van der Waals surface area contributed by atoms with Crippen LogP contribution in [0.4, 0.5) is 8.78 Å². The predicted molar refractivity (Wildman–Crippen MR) is 88.4 cm³/mol. The minimum Gasteiger partial charge on any atom is -0.314 e. The average Bonchev–Trinajstić information content (AvgIpc) is 2.58. The zero-order chi connectivity index (χ0) is 16.2. The molecule has 1 fully saturated rings. The summed E-state index contributed by atoms with van der Waals surface area (Å²) in [5.41, 5.74) is 1.28. The Bertz CT molecular complexity index is 653. The molecule has 1 aliphatic rings. The molecule has 2 nitrogen and oxygen atoms in total. The molecule has 0 amide bonds. The van der Waals surface area contributed by atoms with Crippen LogP contribution in [0.2, 0.25) is 0 Å². The number of hydrogen-bond donors (Lipinski definition) is 1. The summed E-state index contributed by atoms with van der Waals surface area (Å²) in [5, 5.41) is 3.32. The van der Waals surface area contributed by atoms with Gasteiger partial charge in [-0.15, -0.1) is 0 Å². The van der Waals surface area contributed by atoms with Gasteiger partial charge in [0.15, 0.2) is 0 Å². The van der Waals surface area contributed by atoms with Crippen LogP contribution in [0.15, 0.2) is 48.5 Å². The molecule has 3 rings (SSSR count). The molecule has 1 heterocycles. The van der Waals surface area contributed by atoms with Crippen LogP contribution < -0.4 is 5.32 Å². The highest BCUT2D eigenvalue weighted by Gasteiger charge is 2.31. The summed E-state index contributed by atoms with van der Waals surface area (Å²) in [6, 6.07) is 13.5. The Kier molecular flexibility index (Phi) is 5.03. The maximum Gasteiger partial charge on any atom is 0.128 e. The lowest BCUT2D eigenvalue weighted by Gasteiger charge is -2.39. The molecule has 2 aromatic rings. The van der Waals surface area contributed by atoms with E-state index in [1.165, 1.54) is 12.1 Å². The van der Waals surface area contributed by atoms with Crippen molar-refractivity contribution in [3.8, 4) is 0 Å². The molecule has 0 spiro atoms. The van der Waals surface area contributed by atoms with E-state index in [-0.39, 0.29) is 23.6 Å². The van der Waals surface area contributed by atoms with E-state index in [0.717, 1.165) is 26.2 Å². The monoisotopic (exact) mass is 316 g/mol. The van der Waals surface area contributed by atoms with Gasteiger partial charge in [0.1, 0.15) is 11.6 Å². The molecule has 2 aromatic carbocycles. The maximum atomic E-state index is 14.4. The molecular formula is C19H22F2N2. The third kappa shape index (κ3) is 3.43. The van der Waals surface area contributed by atoms with Crippen LogP contribution >= 0.6 is 0 Å². The van der Waals surface area contributed by atoms with Crippen molar-refractivity contribution in [2.24, 2.45) is 0 Å². The van der Waals surface area contributed by atoms with Gasteiger partial charge in [0.2, 0.25) is 0 Å². The van der Waals surface area contributed by atoms with E-state index in [2.05, 4.69) is 10.2 Å². The first-order valence-electron chi connectivity index (χ1n) is 8.12. The molecule has 1 aliphatic heterocycles. The van der Waals surface area contributed by atoms with Gasteiger partial charge in [0, 0.05) is 43.7 Å². The normalized spacial score (nSPS) is 18.6. The summed E-state index contributed by atoms with van der Waals surface area (Å²) >= 11 is 0. The largest absolute Gasteiger partial charge is 0.314 e. The summed E-state index contributed by atoms with van der Waals surface area (Å²) in [6.07, 6.45) is 0. The van der Waals surface area contributed by atoms with Crippen molar-refractivity contribution in [3.05, 3.63) is 71.3 Å². The fourth-order valence-electron chi connectivity index (χ4n) is 3.47. The van der Waals surface area contributed by atoms with Gasteiger partial charge in [-0.2, -0.15) is 0 Å². The van der Waals surface area contributed by atoms with Crippen molar-refractivity contribution >= 4 is 0 Å². The molecule has 0 radical (unpaired) electrons. The number of halogens is 2. The van der Waals surface area contributed by atoms with Gasteiger partial charge in [-0.25, -0.2) is 8.78 Å². The third-order valence-corrected chi connectivity index (χ3v) is 4.64. The first kappa shape index (κ1) is 16.1. The van der Waals surface area contributed by atoms with E-state index < -0.39 is 0 Å². The molecule has 0 saturated carbocycles. The standard InChI is InChI=1S/C19H22F2N2/c1-14(15-6-2-4-8-17(15)20)19(23-12-10-22-11-13-23)16-7-3-5-9-18(16)21/h2-9,14,19,22H,10-13H2,1H3. The Labute approximate surface area is 136 Å². The van der Waals surface area contributed by atoms with E-state index in [9.17, 15) is 8.78 Å². The topological polar surface area (TPSA) is 15.3 Å². The number of hydrogen-bond acceptors (Lipinski definition) is 2. The molecular weight excluding hydrogens is 294 g/mol. The van der Waals surface area contributed by atoms with E-state index in [1.807, 2.05) is 25.1 Å². The van der Waals surface area contributed by atoms with Crippen molar-refractivity contribution in [3.63, 3.8) is 0 Å². The molecule has 2 atom stereocenters. The summed E-state index contributed by atoms with van der Waals surface area (Å²) in [4.78, 5) is 2.26. The summed E-state index contributed by atoms with van der Waals surface area (Å²) in [5.74, 6) is -0.582. The molecule has 2 unspecified atom stereocenters. The highest BCUT2D eigenvalue weighted by Crippen LogP contribution is 2.37. The molecule has 1 saturated heterocycles. The SMILES string of the molecule is CC(c1ccccc1F)C(c1ccccc1F)N1CCNCC1. The molecule has 0 bridgehead atoms. The van der Waals surface area contributed by atoms with Gasteiger partial charge in [0.25, 0.3) is 0 Å². The van der Waals surface area contributed by atoms with Crippen molar-refractivity contribution in [1.82, 2.24) is 10.2 Å². The fraction of sp³-hybridized carbons (Fsp3) is 0.368. The van der Waals surface area contributed by atoms with Gasteiger partial charge >= 0.3 is 0 Å². The van der Waals surface area contributed by atoms with Gasteiger partial charge in [-0.1, -0.05) is 43.3 Å². The van der Waals surface area contributed by atoms with E-state index in [0.29, 0.717) is 11.1 Å². The summed E-state index contributed by atoms with van der Waals surface area (Å²) < 4.78 is 28.7. The molecule has 0 aliphatic carbocycles. The van der Waals surface area contributed by atoms with Crippen LogP contribution in [0.3, 0.4) is 0 Å². The lowest BCUT2D eigenvalue weighted by atomic mass is 9.86. The second-order valence-corrected chi connectivity index (χ2v) is 6.06. The number of nitrogens with zero attached hydrogens (tertiary/aromatic N) is 1. The van der Waals surface area contributed by atoms with Crippen LogP contribution in [-0.2, 0) is 0 Å². The lowest BCUT2D eigenvalue weighted by Crippen LogP contribution is -2.46. The predicted octanol–water partition coefficient (Wildman–Crippen LogP) is 3.71. The van der Waals surface area contributed by atoms with E-state index in [1.54, 1.807) is 18.2 Å². The minimum atomic E-state index is -0.225. The Balaban J connectivity index is 2.01. The first-order valence-corrected chi connectivity index (χ1v) is 8.12. The van der Waals surface area contributed by atoms with Crippen molar-refractivity contribution in [1.29, 1.82) is 0 Å². The second-order valence-electron chi connectivity index (χ2n) is 6.06. The second kappa shape index (κ2) is 7.20. The minimum absolute atomic E-state index is 0.133. The van der Waals surface area contributed by atoms with Gasteiger partial charge in [-0.05, 0) is 17.7 Å². The van der Waals surface area contributed by atoms with E-state index in [4.69, 9.17) is 0 Å². The Hall–Kier alpha value is -1.78. The number of rotatable bonds is 4. The number of benzene rings is 2. The molecule has 0 aromatic heterocycles. The Morgan fingerprint density at radius 1 is 0.870 bits per heavy atom. The molecule has 4 heteroatoms. The number of piperazine rings is 1. The summed E-state index contributed by atoms with van der Waals surface area (Å²) in [7, 11) is 0. The van der Waals surface area contributed by atoms with Gasteiger partial charge in [0.05, 0.1) is 0 Å². The van der Waals surface area contributed by atoms with Gasteiger partial charge in [-0.3, -0.25) is 4.90 Å².